The van der Waals surface area contributed by atoms with Crippen LogP contribution in [0, 0.1) is 6.92 Å². The van der Waals surface area contributed by atoms with Crippen LogP contribution in [0.4, 0.5) is 17.5 Å². The number of nitrogens with one attached hydrogen (secondary N) is 2. The van der Waals surface area contributed by atoms with Crippen molar-refractivity contribution in [1.82, 2.24) is 19.6 Å². The molecule has 32 heavy (non-hydrogen) atoms. The Kier molecular flexibility index (Phi) is 5.04. The number of hydrogen-bond acceptors (Lipinski definition) is 7. The second-order valence-electron chi connectivity index (χ2n) is 7.08. The largest absolute Gasteiger partial charge is 0.439 e. The molecule has 0 radical (unpaired) electrons. The standard InChI is InChI=1S/C23H17ClN6O2/c1-14-12-26-22(27-17-9-6-15(7-10-17)16-8-11-20(24)25-13-16)28-21(14)29-30-18-4-2-3-5-19(18)32-23(30)31/h2-13H,1H3,(H2,26,27,28,29). The lowest BCUT2D eigenvalue weighted by molar-refractivity contribution is 0.532. The molecule has 0 bridgehead atoms. The summed E-state index contributed by atoms with van der Waals surface area (Å²) >= 11 is 5.86. The highest BCUT2D eigenvalue weighted by atomic mass is 35.5. The molecule has 158 valence electrons. The summed E-state index contributed by atoms with van der Waals surface area (Å²) in [6.07, 6.45) is 3.41. The minimum atomic E-state index is -0.522. The molecular weight excluding hydrogens is 428 g/mol. The highest BCUT2D eigenvalue weighted by Crippen LogP contribution is 2.24. The number of para-hydroxylation sites is 2. The molecule has 2 aromatic carbocycles. The van der Waals surface area contributed by atoms with Crippen molar-refractivity contribution in [2.75, 3.05) is 10.7 Å². The van der Waals surface area contributed by atoms with Crippen molar-refractivity contribution < 1.29 is 4.42 Å². The molecule has 9 heteroatoms. The van der Waals surface area contributed by atoms with Crippen LogP contribution in [-0.2, 0) is 0 Å². The first kappa shape index (κ1) is 19.8. The first-order valence-electron chi connectivity index (χ1n) is 9.77. The number of aryl methyl sites for hydroxylation is 1. The molecule has 8 nitrogen and oxygen atoms in total. The van der Waals surface area contributed by atoms with Gasteiger partial charge >= 0.3 is 5.76 Å². The van der Waals surface area contributed by atoms with Crippen LogP contribution in [0.3, 0.4) is 0 Å². The van der Waals surface area contributed by atoms with Crippen LogP contribution in [0.15, 0.2) is 82.3 Å². The van der Waals surface area contributed by atoms with Crippen molar-refractivity contribution in [2.24, 2.45) is 0 Å². The average molecular weight is 445 g/mol. The van der Waals surface area contributed by atoms with Crippen molar-refractivity contribution in [3.05, 3.63) is 94.3 Å². The SMILES string of the molecule is Cc1cnc(Nc2ccc(-c3ccc(Cl)nc3)cc2)nc1Nn1c(=O)oc2ccccc21. The van der Waals surface area contributed by atoms with E-state index in [0.29, 0.717) is 28.0 Å². The maximum Gasteiger partial charge on any atom is 0.439 e. The molecule has 0 amide bonds. The average Bonchev–Trinajstić information content (AvgIpc) is 3.12. The van der Waals surface area contributed by atoms with E-state index in [1.165, 1.54) is 4.68 Å². The van der Waals surface area contributed by atoms with Gasteiger partial charge in [0.25, 0.3) is 0 Å². The lowest BCUT2D eigenvalue weighted by Gasteiger charge is -2.11. The highest BCUT2D eigenvalue weighted by Gasteiger charge is 2.11. The van der Waals surface area contributed by atoms with Crippen LogP contribution >= 0.6 is 11.6 Å². The van der Waals surface area contributed by atoms with Gasteiger partial charge in [-0.1, -0.05) is 35.9 Å². The number of rotatable bonds is 5. The Bertz CT molecular complexity index is 1460. The Balaban J connectivity index is 1.38. The summed E-state index contributed by atoms with van der Waals surface area (Å²) in [4.78, 5) is 25.2. The third kappa shape index (κ3) is 3.91. The zero-order valence-electron chi connectivity index (χ0n) is 16.9. The van der Waals surface area contributed by atoms with Gasteiger partial charge in [-0.2, -0.15) is 9.66 Å². The van der Waals surface area contributed by atoms with E-state index in [1.54, 1.807) is 30.6 Å². The van der Waals surface area contributed by atoms with Gasteiger partial charge in [0.05, 0.1) is 0 Å². The minimum absolute atomic E-state index is 0.389. The Labute approximate surface area is 187 Å². The number of benzene rings is 2. The van der Waals surface area contributed by atoms with Crippen LogP contribution in [0.1, 0.15) is 5.56 Å². The number of hydrogen-bond donors (Lipinski definition) is 2. The van der Waals surface area contributed by atoms with Crippen LogP contribution in [0.2, 0.25) is 5.15 Å². The monoisotopic (exact) mass is 444 g/mol. The predicted molar refractivity (Wildman–Crippen MR) is 124 cm³/mol. The van der Waals surface area contributed by atoms with Gasteiger partial charge in [-0.3, -0.25) is 5.43 Å². The fraction of sp³-hybridized carbons (Fsp3) is 0.0435. The van der Waals surface area contributed by atoms with Crippen LogP contribution in [0.25, 0.3) is 22.2 Å². The second-order valence-corrected chi connectivity index (χ2v) is 7.47. The fourth-order valence-electron chi connectivity index (χ4n) is 3.22. The Hall–Kier alpha value is -4.17. The molecule has 0 aliphatic carbocycles. The van der Waals surface area contributed by atoms with Crippen molar-refractivity contribution in [3.63, 3.8) is 0 Å². The number of anilines is 3. The smallest absolute Gasteiger partial charge is 0.406 e. The summed E-state index contributed by atoms with van der Waals surface area (Å²) in [7, 11) is 0. The molecule has 0 atom stereocenters. The minimum Gasteiger partial charge on any atom is -0.406 e. The van der Waals surface area contributed by atoms with Crippen molar-refractivity contribution in [1.29, 1.82) is 0 Å². The highest BCUT2D eigenvalue weighted by molar-refractivity contribution is 6.29. The Morgan fingerprint density at radius 2 is 1.72 bits per heavy atom. The maximum atomic E-state index is 12.3. The van der Waals surface area contributed by atoms with Gasteiger partial charge in [0.15, 0.2) is 11.4 Å². The number of aromatic nitrogens is 4. The zero-order chi connectivity index (χ0) is 22.1. The van der Waals surface area contributed by atoms with Gasteiger partial charge in [-0.15, -0.1) is 0 Å². The third-order valence-corrected chi connectivity index (χ3v) is 5.10. The Morgan fingerprint density at radius 3 is 2.50 bits per heavy atom. The molecule has 0 aliphatic heterocycles. The van der Waals surface area contributed by atoms with E-state index >= 15 is 0 Å². The fourth-order valence-corrected chi connectivity index (χ4v) is 3.33. The van der Waals surface area contributed by atoms with Crippen LogP contribution < -0.4 is 16.5 Å². The van der Waals surface area contributed by atoms with Gasteiger partial charge in [0.1, 0.15) is 10.7 Å². The summed E-state index contributed by atoms with van der Waals surface area (Å²) < 4.78 is 6.59. The lowest BCUT2D eigenvalue weighted by Crippen LogP contribution is -2.23. The quantitative estimate of drug-likeness (QED) is 0.367. The van der Waals surface area contributed by atoms with Gasteiger partial charge in [-0.05, 0) is 48.9 Å². The Morgan fingerprint density at radius 1 is 0.938 bits per heavy atom. The second kappa shape index (κ2) is 8.16. The van der Waals surface area contributed by atoms with Gasteiger partial charge in [-0.25, -0.2) is 14.8 Å². The van der Waals surface area contributed by atoms with E-state index in [2.05, 4.69) is 25.7 Å². The number of fused-ring (bicyclic) bond motifs is 1. The molecule has 0 unspecified atom stereocenters. The van der Waals surface area contributed by atoms with Crippen molar-refractivity contribution in [3.8, 4) is 11.1 Å². The number of pyridine rings is 1. The predicted octanol–water partition coefficient (Wildman–Crippen LogP) is 5.03. The first-order valence-corrected chi connectivity index (χ1v) is 10.1. The van der Waals surface area contributed by atoms with Crippen LogP contribution in [0.5, 0.6) is 0 Å². The van der Waals surface area contributed by atoms with Crippen LogP contribution in [-0.4, -0.2) is 19.6 Å². The molecule has 5 aromatic rings. The molecule has 0 spiro atoms. The molecule has 2 N–H and O–H groups in total. The molecule has 0 aliphatic rings. The first-order chi connectivity index (χ1) is 15.6. The molecule has 3 aromatic heterocycles. The van der Waals surface area contributed by atoms with Crippen molar-refractivity contribution >= 4 is 40.2 Å². The summed E-state index contributed by atoms with van der Waals surface area (Å²) in [5.74, 6) is 0.353. The zero-order valence-corrected chi connectivity index (χ0v) is 17.7. The molecule has 0 saturated carbocycles. The number of oxazole rings is 1. The van der Waals surface area contributed by atoms with Gasteiger partial charge < -0.3 is 9.73 Å². The van der Waals surface area contributed by atoms with E-state index in [4.69, 9.17) is 16.0 Å². The molecule has 0 fully saturated rings. The summed E-state index contributed by atoms with van der Waals surface area (Å²) in [5, 5.41) is 3.64. The van der Waals surface area contributed by atoms with Gasteiger partial charge in [0, 0.05) is 29.2 Å². The van der Waals surface area contributed by atoms with E-state index in [-0.39, 0.29) is 0 Å². The molecular formula is C23H17ClN6O2. The van der Waals surface area contributed by atoms with Gasteiger partial charge in [0.2, 0.25) is 5.95 Å². The normalized spacial score (nSPS) is 10.9. The summed E-state index contributed by atoms with van der Waals surface area (Å²) in [6, 6.07) is 18.6. The summed E-state index contributed by atoms with van der Waals surface area (Å²) in [6.45, 7) is 1.86. The molecule has 5 rings (SSSR count). The maximum absolute atomic E-state index is 12.3. The lowest BCUT2D eigenvalue weighted by atomic mass is 10.1. The van der Waals surface area contributed by atoms with Crippen molar-refractivity contribution in [2.45, 2.75) is 6.92 Å². The van der Waals surface area contributed by atoms with E-state index in [0.717, 1.165) is 22.4 Å². The van der Waals surface area contributed by atoms with E-state index in [1.807, 2.05) is 49.4 Å². The third-order valence-electron chi connectivity index (χ3n) is 4.88. The number of nitrogens with zero attached hydrogens (tertiary/aromatic N) is 4. The van der Waals surface area contributed by atoms with E-state index < -0.39 is 5.76 Å². The molecule has 0 saturated heterocycles. The summed E-state index contributed by atoms with van der Waals surface area (Å²) in [5.41, 5.74) is 7.71. The number of halogens is 1. The van der Waals surface area contributed by atoms with E-state index in [9.17, 15) is 4.79 Å². The molecule has 3 heterocycles. The topological polar surface area (TPSA) is 97.9 Å².